The molecule has 1 N–H and O–H groups in total. The van der Waals surface area contributed by atoms with Crippen LogP contribution in [0.5, 0.6) is 17.4 Å². The molecule has 0 spiro atoms. The lowest BCUT2D eigenvalue weighted by atomic mass is 10.0. The third-order valence-electron chi connectivity index (χ3n) is 6.15. The first-order valence-electron chi connectivity index (χ1n) is 12.3. The van der Waals surface area contributed by atoms with Crippen LogP contribution in [-0.4, -0.2) is 50.1 Å². The summed E-state index contributed by atoms with van der Waals surface area (Å²) in [6.45, 7) is 5.56. The number of aromatic nitrogens is 2. The van der Waals surface area contributed by atoms with Crippen molar-refractivity contribution in [1.82, 2.24) is 14.3 Å². The quantitative estimate of drug-likeness (QED) is 0.273. The Morgan fingerprint density at radius 1 is 1.10 bits per heavy atom. The summed E-state index contributed by atoms with van der Waals surface area (Å²) >= 11 is 0. The summed E-state index contributed by atoms with van der Waals surface area (Å²) in [4.78, 5) is 15.6. The van der Waals surface area contributed by atoms with Gasteiger partial charge in [0.25, 0.3) is 10.0 Å². The van der Waals surface area contributed by atoms with E-state index in [0.717, 1.165) is 15.6 Å². The molecule has 206 valence electrons. The van der Waals surface area contributed by atoms with E-state index < -0.39 is 15.8 Å². The molecule has 0 bridgehead atoms. The Morgan fingerprint density at radius 3 is 2.46 bits per heavy atom. The van der Waals surface area contributed by atoms with Gasteiger partial charge < -0.3 is 19.5 Å². The van der Waals surface area contributed by atoms with Gasteiger partial charge in [-0.3, -0.25) is 4.79 Å². The Morgan fingerprint density at radius 2 is 1.82 bits per heavy atom. The molecule has 2 aromatic heterocycles. The van der Waals surface area contributed by atoms with Gasteiger partial charge >= 0.3 is 0 Å². The number of methoxy groups -OCH3 is 1. The van der Waals surface area contributed by atoms with Gasteiger partial charge in [-0.1, -0.05) is 24.6 Å². The van der Waals surface area contributed by atoms with Gasteiger partial charge in [0.15, 0.2) is 11.6 Å². The molecule has 0 saturated carbocycles. The van der Waals surface area contributed by atoms with E-state index in [-0.39, 0.29) is 47.7 Å². The highest BCUT2D eigenvalue weighted by Crippen LogP contribution is 2.35. The maximum absolute atomic E-state index is 15.2. The summed E-state index contributed by atoms with van der Waals surface area (Å²) in [5.74, 6) is -0.280. The summed E-state index contributed by atoms with van der Waals surface area (Å²) < 4.78 is 59.6. The fourth-order valence-electron chi connectivity index (χ4n) is 4.04. The predicted octanol–water partition coefficient (Wildman–Crippen LogP) is 4.43. The number of nitrogens with zero attached hydrogens (tertiary/aromatic N) is 2. The number of nitrogens with one attached hydrogen (secondary N) is 1. The molecule has 11 heteroatoms. The smallest absolute Gasteiger partial charge is 0.268 e. The van der Waals surface area contributed by atoms with Crippen LogP contribution in [0.1, 0.15) is 30.9 Å². The van der Waals surface area contributed by atoms with E-state index in [1.54, 1.807) is 24.3 Å². The average Bonchev–Trinajstić information content (AvgIpc) is 3.29. The van der Waals surface area contributed by atoms with Crippen LogP contribution in [0.2, 0.25) is 0 Å². The maximum Gasteiger partial charge on any atom is 0.268 e. The largest absolute Gasteiger partial charge is 0.488 e. The zero-order chi connectivity index (χ0) is 28.2. The molecule has 0 aliphatic carbocycles. The van der Waals surface area contributed by atoms with Crippen LogP contribution in [0.25, 0.3) is 10.9 Å². The Labute approximate surface area is 226 Å². The van der Waals surface area contributed by atoms with Crippen LogP contribution in [0, 0.1) is 12.7 Å². The normalized spacial score (nSPS) is 12.2. The molecule has 0 aliphatic heterocycles. The highest BCUT2D eigenvalue weighted by atomic mass is 32.2. The van der Waals surface area contributed by atoms with E-state index in [9.17, 15) is 13.2 Å². The van der Waals surface area contributed by atoms with E-state index >= 15 is 4.39 Å². The van der Waals surface area contributed by atoms with Gasteiger partial charge in [-0.25, -0.2) is 21.8 Å². The first-order chi connectivity index (χ1) is 18.6. The van der Waals surface area contributed by atoms with Crippen LogP contribution in [0.15, 0.2) is 65.8 Å². The van der Waals surface area contributed by atoms with Crippen molar-refractivity contribution in [2.45, 2.75) is 31.6 Å². The number of amides is 1. The van der Waals surface area contributed by atoms with Gasteiger partial charge in [0.1, 0.15) is 19.0 Å². The molecule has 4 aromatic rings. The Balaban J connectivity index is 1.64. The number of carbonyl (C=O) groups excluding carboxylic acids is 1. The lowest BCUT2D eigenvalue weighted by Crippen LogP contribution is -2.24. The van der Waals surface area contributed by atoms with Crippen molar-refractivity contribution in [1.29, 1.82) is 0 Å². The minimum Gasteiger partial charge on any atom is -0.488 e. The molecule has 4 rings (SSSR count). The van der Waals surface area contributed by atoms with E-state index in [4.69, 9.17) is 14.2 Å². The van der Waals surface area contributed by atoms with Gasteiger partial charge in [0, 0.05) is 43.1 Å². The number of carbonyl (C=O) groups is 1. The van der Waals surface area contributed by atoms with E-state index in [2.05, 4.69) is 10.3 Å². The maximum atomic E-state index is 15.2. The molecule has 0 fully saturated rings. The van der Waals surface area contributed by atoms with Crippen molar-refractivity contribution < 1.29 is 31.8 Å². The molecule has 0 unspecified atom stereocenters. The zero-order valence-electron chi connectivity index (χ0n) is 22.1. The van der Waals surface area contributed by atoms with E-state index in [1.807, 2.05) is 13.8 Å². The minimum atomic E-state index is -4.03. The molecule has 0 aliphatic rings. The molecule has 1 amide bonds. The number of rotatable bonds is 11. The fourth-order valence-corrected chi connectivity index (χ4v) is 5.41. The summed E-state index contributed by atoms with van der Waals surface area (Å²) in [5.41, 5.74) is 1.71. The monoisotopic (exact) mass is 555 g/mol. The predicted molar refractivity (Wildman–Crippen MR) is 145 cm³/mol. The number of aryl methyl sites for hydroxylation is 1. The summed E-state index contributed by atoms with van der Waals surface area (Å²) in [6.07, 6.45) is 2.99. The number of hydrogen-bond acceptors (Lipinski definition) is 7. The molecule has 1 atom stereocenters. The third-order valence-corrected chi connectivity index (χ3v) is 7.84. The average molecular weight is 556 g/mol. The molecular formula is C28H30FN3O6S. The molecule has 9 nitrogen and oxygen atoms in total. The molecule has 0 radical (unpaired) electrons. The number of hydrogen-bond donors (Lipinski definition) is 1. The highest BCUT2D eigenvalue weighted by Gasteiger charge is 2.25. The number of halogens is 1. The second-order valence-corrected chi connectivity index (χ2v) is 10.9. The van der Waals surface area contributed by atoms with Crippen molar-refractivity contribution in [2.75, 3.05) is 26.9 Å². The fraction of sp³-hybridized carbons (Fsp3) is 0.286. The van der Waals surface area contributed by atoms with Crippen molar-refractivity contribution in [3.63, 3.8) is 0 Å². The van der Waals surface area contributed by atoms with E-state index in [1.165, 1.54) is 44.6 Å². The van der Waals surface area contributed by atoms with Crippen LogP contribution < -0.4 is 19.5 Å². The van der Waals surface area contributed by atoms with Crippen molar-refractivity contribution in [3.05, 3.63) is 77.9 Å². The number of fused-ring (bicyclic) bond motifs is 1. The lowest BCUT2D eigenvalue weighted by molar-refractivity contribution is -0.119. The SMILES string of the molecule is COc1ccc(OCCOc2cc3c([C@@H](C)CNC(C)=O)cn(S(=O)(=O)c4ccc(C)cc4)c3cc2F)cn1. The van der Waals surface area contributed by atoms with Crippen molar-refractivity contribution in [3.8, 4) is 17.4 Å². The molecule has 2 heterocycles. The zero-order valence-corrected chi connectivity index (χ0v) is 22.9. The Hall–Kier alpha value is -4.12. The van der Waals surface area contributed by atoms with Gasteiger partial charge in [-0.2, -0.15) is 0 Å². The minimum absolute atomic E-state index is 0.0353. The lowest BCUT2D eigenvalue weighted by Gasteiger charge is -2.12. The summed E-state index contributed by atoms with van der Waals surface area (Å²) in [6, 6.07) is 12.4. The van der Waals surface area contributed by atoms with Crippen molar-refractivity contribution >= 4 is 26.8 Å². The third kappa shape index (κ3) is 6.31. The van der Waals surface area contributed by atoms with Gasteiger partial charge in [0.2, 0.25) is 11.8 Å². The highest BCUT2D eigenvalue weighted by molar-refractivity contribution is 7.90. The second kappa shape index (κ2) is 11.7. The van der Waals surface area contributed by atoms with Crippen LogP contribution in [0.4, 0.5) is 4.39 Å². The molecular weight excluding hydrogens is 525 g/mol. The summed E-state index contributed by atoms with van der Waals surface area (Å²) in [7, 11) is -2.51. The second-order valence-electron chi connectivity index (χ2n) is 9.07. The van der Waals surface area contributed by atoms with E-state index in [0.29, 0.717) is 22.6 Å². The van der Waals surface area contributed by atoms with Crippen LogP contribution in [0.3, 0.4) is 0 Å². The number of ether oxygens (including phenoxy) is 3. The Kier molecular flexibility index (Phi) is 8.39. The molecule has 2 aromatic carbocycles. The molecule has 0 saturated heterocycles. The molecule has 39 heavy (non-hydrogen) atoms. The van der Waals surface area contributed by atoms with Crippen molar-refractivity contribution in [2.24, 2.45) is 0 Å². The number of benzene rings is 2. The Bertz CT molecular complexity index is 1570. The summed E-state index contributed by atoms with van der Waals surface area (Å²) in [5, 5.41) is 3.25. The first-order valence-corrected chi connectivity index (χ1v) is 13.7. The first kappa shape index (κ1) is 27.9. The van der Waals surface area contributed by atoms with Crippen LogP contribution in [-0.2, 0) is 14.8 Å². The topological polar surface area (TPSA) is 109 Å². The number of pyridine rings is 1. The van der Waals surface area contributed by atoms with Crippen LogP contribution >= 0.6 is 0 Å². The van der Waals surface area contributed by atoms with Gasteiger partial charge in [-0.15, -0.1) is 0 Å². The van der Waals surface area contributed by atoms with Gasteiger partial charge in [-0.05, 0) is 36.8 Å². The standard InChI is InChI=1S/C28H30FN3O6S/c1-18-5-8-22(9-6-18)39(34,35)32-17-24(19(2)15-30-20(3)33)23-13-27(25(29)14-26(23)32)38-12-11-37-21-7-10-28(36-4)31-16-21/h5-10,13-14,16-17,19H,11-12,15H2,1-4H3,(H,30,33)/t19-/m0/s1. The van der Waals surface area contributed by atoms with Gasteiger partial charge in [0.05, 0.1) is 23.7 Å².